The molecule has 12 heteroatoms. The largest absolute Gasteiger partial charge is 0.444 e. The molecule has 1 aromatic rings. The number of nitriles is 1. The lowest BCUT2D eigenvalue weighted by Crippen LogP contribution is -2.55. The summed E-state index contributed by atoms with van der Waals surface area (Å²) in [5.74, 6) is -0.265. The number of nitrogens with zero attached hydrogens (tertiary/aromatic N) is 4. The molecule has 3 rings (SSSR count). The summed E-state index contributed by atoms with van der Waals surface area (Å²) in [7, 11) is 0. The van der Waals surface area contributed by atoms with E-state index in [1.54, 1.807) is 27.7 Å². The summed E-state index contributed by atoms with van der Waals surface area (Å²) in [6.45, 7) is 9.87. The minimum absolute atomic E-state index is 0.00546. The number of carbonyl (C=O) groups excluding carboxylic acids is 3. The Morgan fingerprint density at radius 2 is 1.93 bits per heavy atom. The number of amides is 3. The lowest BCUT2D eigenvalue weighted by Gasteiger charge is -2.33. The van der Waals surface area contributed by atoms with Crippen molar-refractivity contribution in [1.29, 1.82) is 5.26 Å². The third-order valence-electron chi connectivity index (χ3n) is 7.33. The van der Waals surface area contributed by atoms with Crippen LogP contribution >= 0.6 is 0 Å². The van der Waals surface area contributed by atoms with E-state index in [1.807, 2.05) is 11.8 Å². The number of alkyl carbamates (subject to hydrolysis) is 1. The normalized spacial score (nSPS) is 23.3. The summed E-state index contributed by atoms with van der Waals surface area (Å²) in [5, 5.41) is 12.2. The van der Waals surface area contributed by atoms with E-state index >= 15 is 0 Å². The molecule has 2 saturated heterocycles. The SMILES string of the molecule is CC1CC(C#N)N(C(=O)C(CN2CCC(N(C=O)[C@@H](C)c3ccccc3C(F)(F)F)C2)NC(=O)OC(C)(C)C)C1. The Morgan fingerprint density at radius 1 is 1.25 bits per heavy atom. The Balaban J connectivity index is 1.77. The maximum Gasteiger partial charge on any atom is 0.416 e. The quantitative estimate of drug-likeness (QED) is 0.479. The summed E-state index contributed by atoms with van der Waals surface area (Å²) < 4.78 is 46.3. The molecule has 4 unspecified atom stereocenters. The van der Waals surface area contributed by atoms with Crippen LogP contribution in [0.2, 0.25) is 0 Å². The van der Waals surface area contributed by atoms with Gasteiger partial charge in [-0.3, -0.25) is 14.5 Å². The lowest BCUT2D eigenvalue weighted by molar-refractivity contribution is -0.139. The van der Waals surface area contributed by atoms with Gasteiger partial charge in [0, 0.05) is 32.2 Å². The molecule has 9 nitrogen and oxygen atoms in total. The van der Waals surface area contributed by atoms with Crippen molar-refractivity contribution in [2.24, 2.45) is 5.92 Å². The standard InChI is InChI=1S/C28H38F3N5O4/c1-18-12-21(13-32)35(14-18)25(38)24(33-26(39)40-27(3,4)5)16-34-11-10-20(15-34)36(17-37)19(2)22-8-6-7-9-23(22)28(29,30)31/h6-9,17-21,24H,10-12,14-16H2,1-5H3,(H,33,39)/t18?,19-,20?,21?,24?/m0/s1. The number of carbonyl (C=O) groups is 3. The molecule has 0 radical (unpaired) electrons. The summed E-state index contributed by atoms with van der Waals surface area (Å²) >= 11 is 0. The molecule has 0 spiro atoms. The molecule has 2 aliphatic rings. The smallest absolute Gasteiger partial charge is 0.416 e. The molecule has 2 fully saturated rings. The fourth-order valence-corrected chi connectivity index (χ4v) is 5.50. The first-order chi connectivity index (χ1) is 18.6. The van der Waals surface area contributed by atoms with Crippen molar-refractivity contribution in [3.8, 4) is 6.07 Å². The number of rotatable bonds is 8. The second-order valence-electron chi connectivity index (χ2n) is 11.7. The van der Waals surface area contributed by atoms with Gasteiger partial charge >= 0.3 is 12.3 Å². The Kier molecular flexibility index (Phi) is 9.72. The minimum Gasteiger partial charge on any atom is -0.444 e. The van der Waals surface area contributed by atoms with Crippen LogP contribution in [0.3, 0.4) is 0 Å². The van der Waals surface area contributed by atoms with Crippen molar-refractivity contribution in [1.82, 2.24) is 20.0 Å². The Morgan fingerprint density at radius 3 is 2.52 bits per heavy atom. The number of ether oxygens (including phenoxy) is 1. The molecule has 2 aliphatic heterocycles. The van der Waals surface area contributed by atoms with Gasteiger partial charge in [-0.15, -0.1) is 0 Å². The van der Waals surface area contributed by atoms with E-state index < -0.39 is 53.5 Å². The highest BCUT2D eigenvalue weighted by Crippen LogP contribution is 2.37. The average molecular weight is 566 g/mol. The Bertz CT molecular complexity index is 1120. The molecule has 1 aromatic carbocycles. The van der Waals surface area contributed by atoms with Gasteiger partial charge in [0.25, 0.3) is 0 Å². The highest BCUT2D eigenvalue weighted by molar-refractivity contribution is 5.86. The monoisotopic (exact) mass is 565 g/mol. The molecular formula is C28H38F3N5O4. The van der Waals surface area contributed by atoms with Crippen molar-refractivity contribution in [2.45, 2.75) is 83.4 Å². The van der Waals surface area contributed by atoms with Crippen LogP contribution in [0.5, 0.6) is 0 Å². The van der Waals surface area contributed by atoms with Gasteiger partial charge in [0.05, 0.1) is 17.7 Å². The zero-order valence-corrected chi connectivity index (χ0v) is 23.6. The summed E-state index contributed by atoms with van der Waals surface area (Å²) in [5.41, 5.74) is -1.57. The van der Waals surface area contributed by atoms with Gasteiger partial charge in [-0.05, 0) is 58.1 Å². The average Bonchev–Trinajstić information content (AvgIpc) is 3.48. The summed E-state index contributed by atoms with van der Waals surface area (Å²) in [6.07, 6.45) is -3.74. The molecule has 1 N–H and O–H groups in total. The number of nitrogens with one attached hydrogen (secondary N) is 1. The van der Waals surface area contributed by atoms with Crippen LogP contribution in [0.15, 0.2) is 24.3 Å². The Hall–Kier alpha value is -3.33. The van der Waals surface area contributed by atoms with Crippen molar-refractivity contribution in [3.63, 3.8) is 0 Å². The van der Waals surface area contributed by atoms with E-state index in [1.165, 1.54) is 28.0 Å². The van der Waals surface area contributed by atoms with Crippen LogP contribution in [0.1, 0.15) is 64.6 Å². The van der Waals surface area contributed by atoms with Crippen LogP contribution in [0.25, 0.3) is 0 Å². The van der Waals surface area contributed by atoms with Crippen LogP contribution in [0.4, 0.5) is 18.0 Å². The van der Waals surface area contributed by atoms with Gasteiger partial charge in [-0.25, -0.2) is 4.79 Å². The van der Waals surface area contributed by atoms with Gasteiger partial charge in [-0.1, -0.05) is 25.1 Å². The lowest BCUT2D eigenvalue weighted by atomic mass is 9.98. The number of alkyl halides is 3. The fraction of sp³-hybridized carbons (Fsp3) is 0.643. The number of likely N-dealkylation sites (tertiary alicyclic amines) is 2. The minimum atomic E-state index is -4.56. The fourth-order valence-electron chi connectivity index (χ4n) is 5.50. The maximum atomic E-state index is 13.6. The van der Waals surface area contributed by atoms with E-state index in [0.717, 1.165) is 6.07 Å². The first-order valence-electron chi connectivity index (χ1n) is 13.5. The van der Waals surface area contributed by atoms with Gasteiger partial charge in [-0.2, -0.15) is 18.4 Å². The number of benzene rings is 1. The zero-order valence-electron chi connectivity index (χ0n) is 23.6. The van der Waals surface area contributed by atoms with Gasteiger partial charge in [0.2, 0.25) is 12.3 Å². The molecule has 0 aliphatic carbocycles. The second-order valence-corrected chi connectivity index (χ2v) is 11.7. The molecule has 2 heterocycles. The van der Waals surface area contributed by atoms with E-state index in [9.17, 15) is 32.8 Å². The van der Waals surface area contributed by atoms with Crippen molar-refractivity contribution in [2.75, 3.05) is 26.2 Å². The number of hydrogen-bond acceptors (Lipinski definition) is 6. The van der Waals surface area contributed by atoms with Crippen LogP contribution < -0.4 is 5.32 Å². The molecule has 220 valence electrons. The third kappa shape index (κ3) is 7.65. The third-order valence-corrected chi connectivity index (χ3v) is 7.33. The van der Waals surface area contributed by atoms with Gasteiger partial charge in [0.1, 0.15) is 17.7 Å². The van der Waals surface area contributed by atoms with Crippen molar-refractivity contribution < 1.29 is 32.3 Å². The van der Waals surface area contributed by atoms with E-state index in [-0.39, 0.29) is 18.0 Å². The predicted molar refractivity (Wildman–Crippen MR) is 141 cm³/mol. The topological polar surface area (TPSA) is 106 Å². The van der Waals surface area contributed by atoms with Crippen LogP contribution in [-0.2, 0) is 20.5 Å². The molecule has 0 saturated carbocycles. The molecule has 0 aromatic heterocycles. The summed E-state index contributed by atoms with van der Waals surface area (Å²) in [4.78, 5) is 43.0. The molecule has 3 amide bonds. The number of hydrogen-bond donors (Lipinski definition) is 1. The maximum absolute atomic E-state index is 13.6. The first-order valence-corrected chi connectivity index (χ1v) is 13.5. The predicted octanol–water partition coefficient (Wildman–Crippen LogP) is 3.95. The molecular weight excluding hydrogens is 527 g/mol. The Labute approximate surface area is 233 Å². The van der Waals surface area contributed by atoms with Crippen molar-refractivity contribution >= 4 is 18.4 Å². The van der Waals surface area contributed by atoms with Crippen LogP contribution in [-0.4, -0.2) is 83.0 Å². The van der Waals surface area contributed by atoms with E-state index in [2.05, 4.69) is 11.4 Å². The number of halogens is 3. The van der Waals surface area contributed by atoms with Crippen molar-refractivity contribution in [3.05, 3.63) is 35.4 Å². The zero-order chi connectivity index (χ0) is 29.8. The molecule has 0 bridgehead atoms. The molecule has 40 heavy (non-hydrogen) atoms. The van der Waals surface area contributed by atoms with E-state index in [0.29, 0.717) is 38.9 Å². The van der Waals surface area contributed by atoms with Gasteiger partial charge < -0.3 is 19.9 Å². The first kappa shape index (κ1) is 31.2. The second kappa shape index (κ2) is 12.5. The summed E-state index contributed by atoms with van der Waals surface area (Å²) in [6, 6.07) is 4.52. The highest BCUT2D eigenvalue weighted by atomic mass is 19.4. The molecule has 5 atom stereocenters. The highest BCUT2D eigenvalue weighted by Gasteiger charge is 2.41. The van der Waals surface area contributed by atoms with Crippen LogP contribution in [0, 0.1) is 17.2 Å². The van der Waals surface area contributed by atoms with Gasteiger partial charge in [0.15, 0.2) is 0 Å². The van der Waals surface area contributed by atoms with E-state index in [4.69, 9.17) is 4.74 Å².